The Bertz CT molecular complexity index is 386. The molecule has 0 aromatic heterocycles. The molecule has 0 fully saturated rings. The number of anilines is 1. The van der Waals surface area contributed by atoms with Crippen molar-refractivity contribution in [2.24, 2.45) is 5.41 Å². The number of rotatable bonds is 3. The summed E-state index contributed by atoms with van der Waals surface area (Å²) in [6.07, 6.45) is 0. The van der Waals surface area contributed by atoms with Crippen LogP contribution in [0.1, 0.15) is 25.0 Å². The van der Waals surface area contributed by atoms with Crippen LogP contribution in [0.15, 0.2) is 18.2 Å². The summed E-state index contributed by atoms with van der Waals surface area (Å²) < 4.78 is 0. The molecule has 1 aromatic rings. The minimum atomic E-state index is -0.322. The molecule has 15 heavy (non-hydrogen) atoms. The lowest BCUT2D eigenvalue weighted by atomic mass is 9.95. The molecule has 0 aliphatic rings. The van der Waals surface area contributed by atoms with Gasteiger partial charge in [-0.25, -0.2) is 0 Å². The maximum absolute atomic E-state index is 8.90. The van der Waals surface area contributed by atoms with Crippen molar-refractivity contribution < 1.29 is 0 Å². The van der Waals surface area contributed by atoms with Gasteiger partial charge in [-0.15, -0.1) is 0 Å². The molecule has 0 radical (unpaired) electrons. The first-order valence-electron chi connectivity index (χ1n) is 5.17. The highest BCUT2D eigenvalue weighted by Crippen LogP contribution is 2.19. The van der Waals surface area contributed by atoms with Gasteiger partial charge in [-0.05, 0) is 39.3 Å². The van der Waals surface area contributed by atoms with Gasteiger partial charge in [0.2, 0.25) is 0 Å². The van der Waals surface area contributed by atoms with Crippen LogP contribution < -0.4 is 5.32 Å². The normalized spacial score (nSPS) is 10.9. The third-order valence-electron chi connectivity index (χ3n) is 2.41. The van der Waals surface area contributed by atoms with Crippen LogP contribution in [0.4, 0.5) is 5.69 Å². The maximum atomic E-state index is 8.90. The van der Waals surface area contributed by atoms with Gasteiger partial charge in [0.15, 0.2) is 0 Å². The Morgan fingerprint density at radius 1 is 1.33 bits per heavy atom. The predicted molar refractivity (Wildman–Crippen MR) is 63.8 cm³/mol. The van der Waals surface area contributed by atoms with Crippen LogP contribution >= 0.6 is 0 Å². The smallest absolute Gasteiger partial charge is 0.0702 e. The van der Waals surface area contributed by atoms with Crippen LogP contribution in [-0.4, -0.2) is 6.54 Å². The summed E-state index contributed by atoms with van der Waals surface area (Å²) in [5.74, 6) is 0. The van der Waals surface area contributed by atoms with E-state index in [-0.39, 0.29) is 5.41 Å². The van der Waals surface area contributed by atoms with Crippen molar-refractivity contribution in [3.8, 4) is 6.07 Å². The number of nitriles is 1. The first-order valence-corrected chi connectivity index (χ1v) is 5.17. The van der Waals surface area contributed by atoms with E-state index in [0.717, 1.165) is 5.69 Å². The fourth-order valence-corrected chi connectivity index (χ4v) is 1.37. The van der Waals surface area contributed by atoms with E-state index in [0.29, 0.717) is 6.54 Å². The second kappa shape index (κ2) is 4.35. The lowest BCUT2D eigenvalue weighted by Gasteiger charge is -2.18. The van der Waals surface area contributed by atoms with Crippen LogP contribution in [0.2, 0.25) is 0 Å². The molecule has 0 aliphatic carbocycles. The number of aryl methyl sites for hydroxylation is 2. The number of benzene rings is 1. The Balaban J connectivity index is 2.71. The van der Waals surface area contributed by atoms with Gasteiger partial charge < -0.3 is 5.32 Å². The first-order chi connectivity index (χ1) is 6.94. The average molecular weight is 202 g/mol. The van der Waals surface area contributed by atoms with E-state index < -0.39 is 0 Å². The van der Waals surface area contributed by atoms with E-state index >= 15 is 0 Å². The number of nitrogens with one attached hydrogen (secondary N) is 1. The van der Waals surface area contributed by atoms with E-state index in [1.807, 2.05) is 13.8 Å². The summed E-state index contributed by atoms with van der Waals surface area (Å²) in [6.45, 7) is 8.70. The summed E-state index contributed by atoms with van der Waals surface area (Å²) in [4.78, 5) is 0. The van der Waals surface area contributed by atoms with Gasteiger partial charge in [-0.1, -0.05) is 17.7 Å². The first kappa shape index (κ1) is 11.6. The van der Waals surface area contributed by atoms with E-state index in [2.05, 4.69) is 43.4 Å². The Kier molecular flexibility index (Phi) is 3.36. The lowest BCUT2D eigenvalue weighted by molar-refractivity contribution is 0.529. The number of hydrogen-bond donors (Lipinski definition) is 1. The zero-order chi connectivity index (χ0) is 11.5. The zero-order valence-corrected chi connectivity index (χ0v) is 9.89. The Morgan fingerprint density at radius 3 is 2.53 bits per heavy atom. The predicted octanol–water partition coefficient (Wildman–Crippen LogP) is 3.27. The lowest BCUT2D eigenvalue weighted by Crippen LogP contribution is -2.21. The van der Waals surface area contributed by atoms with Crippen molar-refractivity contribution in [1.29, 1.82) is 5.26 Å². The van der Waals surface area contributed by atoms with Crippen molar-refractivity contribution in [3.63, 3.8) is 0 Å². The maximum Gasteiger partial charge on any atom is 0.0702 e. The molecule has 1 rings (SSSR count). The van der Waals surface area contributed by atoms with Gasteiger partial charge in [0.25, 0.3) is 0 Å². The second-order valence-electron chi connectivity index (χ2n) is 4.67. The molecule has 80 valence electrons. The van der Waals surface area contributed by atoms with Crippen LogP contribution in [0.25, 0.3) is 0 Å². The minimum Gasteiger partial charge on any atom is -0.383 e. The molecule has 2 nitrogen and oxygen atoms in total. The highest BCUT2D eigenvalue weighted by atomic mass is 14.9. The average Bonchev–Trinajstić information content (AvgIpc) is 2.16. The van der Waals surface area contributed by atoms with Crippen LogP contribution in [0.5, 0.6) is 0 Å². The quantitative estimate of drug-likeness (QED) is 0.816. The Labute approximate surface area is 91.9 Å². The van der Waals surface area contributed by atoms with Crippen molar-refractivity contribution >= 4 is 5.69 Å². The van der Waals surface area contributed by atoms with Gasteiger partial charge in [0, 0.05) is 12.2 Å². The third-order valence-corrected chi connectivity index (χ3v) is 2.41. The molecule has 0 heterocycles. The van der Waals surface area contributed by atoms with E-state index in [1.165, 1.54) is 11.1 Å². The molecule has 0 bridgehead atoms. The van der Waals surface area contributed by atoms with Crippen molar-refractivity contribution in [2.75, 3.05) is 11.9 Å². The number of nitrogens with zero attached hydrogens (tertiary/aromatic N) is 1. The molecule has 0 saturated heterocycles. The molecule has 1 N–H and O–H groups in total. The van der Waals surface area contributed by atoms with E-state index in [4.69, 9.17) is 5.26 Å². The Morgan fingerprint density at radius 2 is 2.00 bits per heavy atom. The molecular formula is C13H18N2. The van der Waals surface area contributed by atoms with Crippen molar-refractivity contribution in [1.82, 2.24) is 0 Å². The molecule has 0 atom stereocenters. The van der Waals surface area contributed by atoms with Gasteiger partial charge >= 0.3 is 0 Å². The Hall–Kier alpha value is -1.49. The zero-order valence-electron chi connectivity index (χ0n) is 9.89. The standard InChI is InChI=1S/C13H18N2/c1-10-5-6-12(11(2)7-10)15-9-13(3,4)8-14/h5-7,15H,9H2,1-4H3. The van der Waals surface area contributed by atoms with Gasteiger partial charge in [-0.2, -0.15) is 5.26 Å². The van der Waals surface area contributed by atoms with Gasteiger partial charge in [-0.3, -0.25) is 0 Å². The highest BCUT2D eigenvalue weighted by molar-refractivity contribution is 5.52. The summed E-state index contributed by atoms with van der Waals surface area (Å²) in [7, 11) is 0. The van der Waals surface area contributed by atoms with Gasteiger partial charge in [0.05, 0.1) is 11.5 Å². The third kappa shape index (κ3) is 3.28. The van der Waals surface area contributed by atoms with Crippen molar-refractivity contribution in [2.45, 2.75) is 27.7 Å². The minimum absolute atomic E-state index is 0.322. The van der Waals surface area contributed by atoms with Crippen molar-refractivity contribution in [3.05, 3.63) is 29.3 Å². The molecular weight excluding hydrogens is 184 g/mol. The molecule has 0 unspecified atom stereocenters. The molecule has 1 aromatic carbocycles. The fraction of sp³-hybridized carbons (Fsp3) is 0.462. The summed E-state index contributed by atoms with van der Waals surface area (Å²) in [5, 5.41) is 12.2. The highest BCUT2D eigenvalue weighted by Gasteiger charge is 2.16. The molecule has 0 aliphatic heterocycles. The fourth-order valence-electron chi connectivity index (χ4n) is 1.37. The monoisotopic (exact) mass is 202 g/mol. The second-order valence-corrected chi connectivity index (χ2v) is 4.67. The van der Waals surface area contributed by atoms with Gasteiger partial charge in [0.1, 0.15) is 0 Å². The van der Waals surface area contributed by atoms with E-state index in [9.17, 15) is 0 Å². The summed E-state index contributed by atoms with van der Waals surface area (Å²) in [6, 6.07) is 8.57. The van der Waals surface area contributed by atoms with Crippen LogP contribution in [0.3, 0.4) is 0 Å². The molecule has 0 amide bonds. The molecule has 2 heteroatoms. The largest absolute Gasteiger partial charge is 0.383 e. The molecule has 0 spiro atoms. The van der Waals surface area contributed by atoms with Crippen LogP contribution in [0, 0.1) is 30.6 Å². The molecule has 0 saturated carbocycles. The number of hydrogen-bond acceptors (Lipinski definition) is 2. The SMILES string of the molecule is Cc1ccc(NCC(C)(C)C#N)c(C)c1. The van der Waals surface area contributed by atoms with Crippen LogP contribution in [-0.2, 0) is 0 Å². The summed E-state index contributed by atoms with van der Waals surface area (Å²) in [5.41, 5.74) is 3.28. The van der Waals surface area contributed by atoms with E-state index in [1.54, 1.807) is 0 Å². The summed E-state index contributed by atoms with van der Waals surface area (Å²) >= 11 is 0. The topological polar surface area (TPSA) is 35.8 Å².